The molecule has 0 bridgehead atoms. The molecule has 120 valence electrons. The topological polar surface area (TPSA) is 50.7 Å². The molecule has 2 rings (SSSR count). The minimum absolute atomic E-state index is 0.119. The number of carbonyl (C=O) groups excluding carboxylic acids is 1. The molecule has 0 heterocycles. The number of halogens is 1. The van der Waals surface area contributed by atoms with Gasteiger partial charge in [0.2, 0.25) is 5.91 Å². The maximum atomic E-state index is 11.7. The lowest BCUT2D eigenvalue weighted by Crippen LogP contribution is -2.19. The molecule has 1 N–H and O–H groups in total. The Balaban J connectivity index is 1.72. The van der Waals surface area contributed by atoms with Crippen molar-refractivity contribution < 1.29 is 9.53 Å². The van der Waals surface area contributed by atoms with Crippen LogP contribution in [0.15, 0.2) is 58.1 Å². The average Bonchev–Trinajstić information content (AvgIpc) is 2.57. The van der Waals surface area contributed by atoms with E-state index in [9.17, 15) is 4.79 Å². The highest BCUT2D eigenvalue weighted by atomic mass is 79.9. The Kier molecular flexibility index (Phi) is 7.16. The smallest absolute Gasteiger partial charge is 0.250 e. The summed E-state index contributed by atoms with van der Waals surface area (Å²) >= 11 is 5.04. The van der Waals surface area contributed by atoms with E-state index in [0.717, 1.165) is 21.5 Å². The van der Waals surface area contributed by atoms with Gasteiger partial charge in [-0.2, -0.15) is 5.10 Å². The van der Waals surface area contributed by atoms with Gasteiger partial charge >= 0.3 is 0 Å². The van der Waals surface area contributed by atoms with Crippen molar-refractivity contribution in [2.75, 3.05) is 12.9 Å². The molecule has 0 atom stereocenters. The summed E-state index contributed by atoms with van der Waals surface area (Å²) in [4.78, 5) is 11.7. The van der Waals surface area contributed by atoms with Crippen molar-refractivity contribution in [3.63, 3.8) is 0 Å². The van der Waals surface area contributed by atoms with Crippen LogP contribution in [0.3, 0.4) is 0 Å². The lowest BCUT2D eigenvalue weighted by Gasteiger charge is -2.03. The number of rotatable bonds is 7. The van der Waals surface area contributed by atoms with Gasteiger partial charge in [0.05, 0.1) is 19.1 Å². The molecule has 0 aliphatic heterocycles. The minimum atomic E-state index is -0.119. The zero-order valence-corrected chi connectivity index (χ0v) is 15.1. The maximum absolute atomic E-state index is 11.7. The Morgan fingerprint density at radius 1 is 1.26 bits per heavy atom. The summed E-state index contributed by atoms with van der Waals surface area (Å²) in [6.45, 7) is 0. The average molecular weight is 393 g/mol. The van der Waals surface area contributed by atoms with Gasteiger partial charge in [0.1, 0.15) is 5.75 Å². The number of hydrogen-bond donors (Lipinski definition) is 1. The first-order valence-corrected chi connectivity index (χ1v) is 8.91. The Labute approximate surface area is 148 Å². The standard InChI is InChI=1S/C17H17BrN2O2S/c1-22-15-8-6-13(7-9-15)10-19-20-17(21)12-23-11-14-4-2-3-5-16(14)18/h2-10H,11-12H2,1H3,(H,20,21)/b19-10-. The molecule has 4 nitrogen and oxygen atoms in total. The molecule has 0 saturated carbocycles. The SMILES string of the molecule is COc1ccc(/C=N\NC(=O)CSCc2ccccc2Br)cc1. The molecule has 0 unspecified atom stereocenters. The molecule has 23 heavy (non-hydrogen) atoms. The van der Waals surface area contributed by atoms with Gasteiger partial charge in [-0.05, 0) is 41.5 Å². The van der Waals surface area contributed by atoms with E-state index < -0.39 is 0 Å². The van der Waals surface area contributed by atoms with E-state index in [1.54, 1.807) is 25.1 Å². The third kappa shape index (κ3) is 6.08. The van der Waals surface area contributed by atoms with E-state index in [0.29, 0.717) is 5.75 Å². The van der Waals surface area contributed by atoms with E-state index in [-0.39, 0.29) is 5.91 Å². The van der Waals surface area contributed by atoms with Crippen molar-refractivity contribution in [1.82, 2.24) is 5.43 Å². The van der Waals surface area contributed by atoms with Gasteiger partial charge < -0.3 is 4.74 Å². The Morgan fingerprint density at radius 3 is 2.70 bits per heavy atom. The summed E-state index contributed by atoms with van der Waals surface area (Å²) in [6.07, 6.45) is 1.61. The van der Waals surface area contributed by atoms with Crippen molar-refractivity contribution >= 4 is 39.8 Å². The quantitative estimate of drug-likeness (QED) is 0.575. The lowest BCUT2D eigenvalue weighted by molar-refractivity contribution is -0.118. The van der Waals surface area contributed by atoms with Crippen LogP contribution >= 0.6 is 27.7 Å². The fourth-order valence-electron chi connectivity index (χ4n) is 1.77. The summed E-state index contributed by atoms with van der Waals surface area (Å²) in [6, 6.07) is 15.4. The highest BCUT2D eigenvalue weighted by molar-refractivity contribution is 9.10. The predicted molar refractivity (Wildman–Crippen MR) is 99.0 cm³/mol. The minimum Gasteiger partial charge on any atom is -0.497 e. The second-order valence-electron chi connectivity index (χ2n) is 4.65. The van der Waals surface area contributed by atoms with Gasteiger partial charge in [-0.25, -0.2) is 5.43 Å². The normalized spacial score (nSPS) is 10.7. The summed E-state index contributed by atoms with van der Waals surface area (Å²) < 4.78 is 6.14. The fraction of sp³-hybridized carbons (Fsp3) is 0.176. The zero-order valence-electron chi connectivity index (χ0n) is 12.7. The molecule has 1 amide bonds. The van der Waals surface area contributed by atoms with E-state index in [1.807, 2.05) is 48.5 Å². The predicted octanol–water partition coefficient (Wildman–Crippen LogP) is 3.84. The third-order valence-corrected chi connectivity index (χ3v) is 4.72. The Morgan fingerprint density at radius 2 is 2.00 bits per heavy atom. The van der Waals surface area contributed by atoms with Crippen LogP contribution in [0.1, 0.15) is 11.1 Å². The lowest BCUT2D eigenvalue weighted by atomic mass is 10.2. The summed E-state index contributed by atoms with van der Waals surface area (Å²) in [5, 5.41) is 3.95. The van der Waals surface area contributed by atoms with Crippen LogP contribution in [0.4, 0.5) is 0 Å². The largest absolute Gasteiger partial charge is 0.497 e. The monoisotopic (exact) mass is 392 g/mol. The molecule has 2 aromatic carbocycles. The first kappa shape index (κ1) is 17.6. The van der Waals surface area contributed by atoms with Gasteiger partial charge in [0.15, 0.2) is 0 Å². The van der Waals surface area contributed by atoms with Crippen LogP contribution in [0.5, 0.6) is 5.75 Å². The summed E-state index contributed by atoms with van der Waals surface area (Å²) in [7, 11) is 1.62. The van der Waals surface area contributed by atoms with Crippen LogP contribution in [0, 0.1) is 0 Å². The molecule has 0 aromatic heterocycles. The first-order chi connectivity index (χ1) is 11.2. The molecule has 0 spiro atoms. The number of ether oxygens (including phenoxy) is 1. The number of amides is 1. The molecule has 0 radical (unpaired) electrons. The van der Waals surface area contributed by atoms with Crippen LogP contribution in [-0.2, 0) is 10.5 Å². The van der Waals surface area contributed by atoms with E-state index in [4.69, 9.17) is 4.74 Å². The second kappa shape index (κ2) is 9.37. The zero-order chi connectivity index (χ0) is 16.5. The number of carbonyl (C=O) groups is 1. The van der Waals surface area contributed by atoms with Crippen LogP contribution in [-0.4, -0.2) is 25.0 Å². The summed E-state index contributed by atoms with van der Waals surface area (Å²) in [5.74, 6) is 1.81. The van der Waals surface area contributed by atoms with Gasteiger partial charge in [-0.3, -0.25) is 4.79 Å². The first-order valence-electron chi connectivity index (χ1n) is 6.96. The molecule has 6 heteroatoms. The fourth-order valence-corrected chi connectivity index (χ4v) is 3.20. The number of benzene rings is 2. The van der Waals surface area contributed by atoms with Gasteiger partial charge in [0.25, 0.3) is 0 Å². The number of nitrogens with zero attached hydrogens (tertiary/aromatic N) is 1. The van der Waals surface area contributed by atoms with Crippen molar-refractivity contribution in [2.24, 2.45) is 5.10 Å². The highest BCUT2D eigenvalue weighted by Gasteiger charge is 2.02. The molecule has 0 aliphatic rings. The molecule has 0 fully saturated rings. The molecule has 0 aliphatic carbocycles. The van der Waals surface area contributed by atoms with Crippen LogP contribution in [0.25, 0.3) is 0 Å². The number of methoxy groups -OCH3 is 1. The number of hydrazone groups is 1. The third-order valence-electron chi connectivity index (χ3n) is 2.97. The Bertz CT molecular complexity index is 675. The van der Waals surface area contributed by atoms with Crippen LogP contribution < -0.4 is 10.2 Å². The molecule has 0 saturated heterocycles. The highest BCUT2D eigenvalue weighted by Crippen LogP contribution is 2.21. The maximum Gasteiger partial charge on any atom is 0.250 e. The number of hydrogen-bond acceptors (Lipinski definition) is 4. The second-order valence-corrected chi connectivity index (χ2v) is 6.49. The van der Waals surface area contributed by atoms with Gasteiger partial charge in [0, 0.05) is 10.2 Å². The van der Waals surface area contributed by atoms with Crippen LogP contribution in [0.2, 0.25) is 0 Å². The van der Waals surface area contributed by atoms with Crippen molar-refractivity contribution in [3.8, 4) is 5.75 Å². The molecule has 2 aromatic rings. The molecular formula is C17H17BrN2O2S. The van der Waals surface area contributed by atoms with Gasteiger partial charge in [-0.1, -0.05) is 34.1 Å². The van der Waals surface area contributed by atoms with Gasteiger partial charge in [-0.15, -0.1) is 11.8 Å². The molecular weight excluding hydrogens is 376 g/mol. The van der Waals surface area contributed by atoms with E-state index >= 15 is 0 Å². The van der Waals surface area contributed by atoms with E-state index in [1.165, 1.54) is 5.56 Å². The number of thioether (sulfide) groups is 1. The van der Waals surface area contributed by atoms with Crippen molar-refractivity contribution in [1.29, 1.82) is 0 Å². The Hall–Kier alpha value is -1.79. The van der Waals surface area contributed by atoms with E-state index in [2.05, 4.69) is 26.5 Å². The summed E-state index contributed by atoms with van der Waals surface area (Å²) in [5.41, 5.74) is 4.60. The van der Waals surface area contributed by atoms with Crippen molar-refractivity contribution in [2.45, 2.75) is 5.75 Å². The number of nitrogens with one attached hydrogen (secondary N) is 1. The van der Waals surface area contributed by atoms with Crippen molar-refractivity contribution in [3.05, 3.63) is 64.1 Å².